The summed E-state index contributed by atoms with van der Waals surface area (Å²) in [7, 11) is 0. The van der Waals surface area contributed by atoms with Crippen molar-refractivity contribution in [3.63, 3.8) is 0 Å². The van der Waals surface area contributed by atoms with Gasteiger partial charge in [0.1, 0.15) is 11.9 Å². The van der Waals surface area contributed by atoms with Gasteiger partial charge >= 0.3 is 0 Å². The number of rotatable bonds is 5. The molecule has 1 aromatic carbocycles. The van der Waals surface area contributed by atoms with Crippen molar-refractivity contribution < 1.29 is 14.3 Å². The number of aryl methyl sites for hydroxylation is 1. The molecule has 1 aromatic heterocycles. The number of carbonyl (C=O) groups excluding carboxylic acids is 1. The quantitative estimate of drug-likeness (QED) is 0.842. The van der Waals surface area contributed by atoms with E-state index < -0.39 is 0 Å². The van der Waals surface area contributed by atoms with Crippen LogP contribution in [0.5, 0.6) is 11.6 Å². The molecule has 6 nitrogen and oxygen atoms in total. The largest absolute Gasteiger partial charge is 0.484 e. The number of carbonyl (C=O) groups is 1. The van der Waals surface area contributed by atoms with Gasteiger partial charge in [-0.05, 0) is 24.6 Å². The molecule has 0 N–H and O–H groups in total. The lowest BCUT2D eigenvalue weighted by molar-refractivity contribution is -0.135. The van der Waals surface area contributed by atoms with E-state index in [4.69, 9.17) is 9.47 Å². The van der Waals surface area contributed by atoms with Gasteiger partial charge in [-0.25, -0.2) is 0 Å². The Morgan fingerprint density at radius 1 is 1.21 bits per heavy atom. The molecule has 0 unspecified atom stereocenters. The number of ether oxygens (including phenoxy) is 2. The van der Waals surface area contributed by atoms with E-state index in [2.05, 4.69) is 10.2 Å². The number of benzene rings is 1. The van der Waals surface area contributed by atoms with Gasteiger partial charge in [0.25, 0.3) is 5.91 Å². The molecule has 0 radical (unpaired) electrons. The Bertz CT molecular complexity index is 670. The first-order valence-corrected chi connectivity index (χ1v) is 8.13. The number of piperidine rings is 1. The van der Waals surface area contributed by atoms with E-state index in [0.717, 1.165) is 24.2 Å². The van der Waals surface area contributed by atoms with Crippen molar-refractivity contribution in [2.75, 3.05) is 19.7 Å². The van der Waals surface area contributed by atoms with E-state index in [1.54, 1.807) is 18.3 Å². The fourth-order valence-corrected chi connectivity index (χ4v) is 2.69. The molecule has 3 rings (SSSR count). The van der Waals surface area contributed by atoms with Crippen molar-refractivity contribution in [3.05, 3.63) is 48.2 Å². The highest BCUT2D eigenvalue weighted by Gasteiger charge is 2.24. The normalized spacial score (nSPS) is 15.1. The fraction of sp³-hybridized carbons (Fsp3) is 0.389. The SMILES string of the molecule is Cc1ccccc1OCC(=O)N1CCC(Oc2cccnn2)CC1. The smallest absolute Gasteiger partial charge is 0.260 e. The van der Waals surface area contributed by atoms with Crippen LogP contribution >= 0.6 is 0 Å². The average Bonchev–Trinajstić information content (AvgIpc) is 2.62. The topological polar surface area (TPSA) is 64.5 Å². The predicted molar refractivity (Wildman–Crippen MR) is 88.9 cm³/mol. The zero-order valence-electron chi connectivity index (χ0n) is 13.7. The third kappa shape index (κ3) is 4.22. The summed E-state index contributed by atoms with van der Waals surface area (Å²) >= 11 is 0. The summed E-state index contributed by atoms with van der Waals surface area (Å²) in [4.78, 5) is 14.1. The number of nitrogens with zero attached hydrogens (tertiary/aromatic N) is 3. The van der Waals surface area contributed by atoms with Gasteiger partial charge in [-0.15, -0.1) is 5.10 Å². The second-order valence-corrected chi connectivity index (χ2v) is 5.81. The maximum absolute atomic E-state index is 12.3. The Labute approximate surface area is 141 Å². The van der Waals surface area contributed by atoms with E-state index in [0.29, 0.717) is 19.0 Å². The molecule has 1 saturated heterocycles. The van der Waals surface area contributed by atoms with Gasteiger partial charge in [0, 0.05) is 38.2 Å². The molecule has 1 aliphatic heterocycles. The van der Waals surface area contributed by atoms with Crippen LogP contribution in [0.2, 0.25) is 0 Å². The summed E-state index contributed by atoms with van der Waals surface area (Å²) in [6.07, 6.45) is 3.25. The fourth-order valence-electron chi connectivity index (χ4n) is 2.69. The molecule has 24 heavy (non-hydrogen) atoms. The van der Waals surface area contributed by atoms with Crippen LogP contribution in [0.25, 0.3) is 0 Å². The Hall–Kier alpha value is -2.63. The number of amides is 1. The van der Waals surface area contributed by atoms with Gasteiger partial charge in [-0.1, -0.05) is 18.2 Å². The summed E-state index contributed by atoms with van der Waals surface area (Å²) in [5.41, 5.74) is 1.03. The molecule has 6 heteroatoms. The van der Waals surface area contributed by atoms with Gasteiger partial charge in [0.15, 0.2) is 6.61 Å². The van der Waals surface area contributed by atoms with Crippen molar-refractivity contribution in [3.8, 4) is 11.6 Å². The highest BCUT2D eigenvalue weighted by molar-refractivity contribution is 5.77. The van der Waals surface area contributed by atoms with Crippen molar-refractivity contribution >= 4 is 5.91 Å². The van der Waals surface area contributed by atoms with E-state index in [1.807, 2.05) is 36.1 Å². The van der Waals surface area contributed by atoms with Gasteiger partial charge in [-0.3, -0.25) is 4.79 Å². The zero-order valence-corrected chi connectivity index (χ0v) is 13.7. The van der Waals surface area contributed by atoms with Crippen LogP contribution in [-0.2, 0) is 4.79 Å². The van der Waals surface area contributed by atoms with Gasteiger partial charge in [0.2, 0.25) is 5.88 Å². The van der Waals surface area contributed by atoms with Crippen LogP contribution in [0.15, 0.2) is 42.6 Å². The predicted octanol–water partition coefficient (Wildman–Crippen LogP) is 2.23. The van der Waals surface area contributed by atoms with Crippen LogP contribution in [0, 0.1) is 6.92 Å². The van der Waals surface area contributed by atoms with Gasteiger partial charge in [-0.2, -0.15) is 5.10 Å². The molecule has 0 spiro atoms. The van der Waals surface area contributed by atoms with E-state index in [1.165, 1.54) is 0 Å². The van der Waals surface area contributed by atoms with E-state index >= 15 is 0 Å². The van der Waals surface area contributed by atoms with Crippen molar-refractivity contribution in [1.29, 1.82) is 0 Å². The second-order valence-electron chi connectivity index (χ2n) is 5.81. The summed E-state index contributed by atoms with van der Waals surface area (Å²) < 4.78 is 11.4. The maximum Gasteiger partial charge on any atom is 0.260 e. The Morgan fingerprint density at radius 3 is 2.71 bits per heavy atom. The highest BCUT2D eigenvalue weighted by atomic mass is 16.5. The first kappa shape index (κ1) is 16.2. The minimum Gasteiger partial charge on any atom is -0.484 e. The lowest BCUT2D eigenvalue weighted by Crippen LogP contribution is -2.43. The number of hydrogen-bond donors (Lipinski definition) is 0. The third-order valence-corrected chi connectivity index (χ3v) is 4.07. The summed E-state index contributed by atoms with van der Waals surface area (Å²) in [5.74, 6) is 1.30. The lowest BCUT2D eigenvalue weighted by Gasteiger charge is -2.31. The van der Waals surface area contributed by atoms with Crippen molar-refractivity contribution in [2.45, 2.75) is 25.9 Å². The molecule has 0 saturated carbocycles. The first-order chi connectivity index (χ1) is 11.7. The molecule has 2 aromatic rings. The average molecular weight is 327 g/mol. The number of aromatic nitrogens is 2. The molecule has 2 heterocycles. The number of hydrogen-bond acceptors (Lipinski definition) is 5. The van der Waals surface area contributed by atoms with Gasteiger partial charge in [0.05, 0.1) is 0 Å². The number of likely N-dealkylation sites (tertiary alicyclic amines) is 1. The zero-order chi connectivity index (χ0) is 16.8. The first-order valence-electron chi connectivity index (χ1n) is 8.13. The van der Waals surface area contributed by atoms with Crippen LogP contribution in [-0.4, -0.2) is 46.8 Å². The third-order valence-electron chi connectivity index (χ3n) is 4.07. The number of para-hydroxylation sites is 1. The van der Waals surface area contributed by atoms with Crippen LogP contribution in [0.3, 0.4) is 0 Å². The molecule has 1 amide bonds. The van der Waals surface area contributed by atoms with E-state index in [9.17, 15) is 4.79 Å². The van der Waals surface area contributed by atoms with Crippen LogP contribution in [0.1, 0.15) is 18.4 Å². The Kier molecular flexibility index (Phi) is 5.25. The second kappa shape index (κ2) is 7.77. The molecule has 0 bridgehead atoms. The molecule has 0 aliphatic carbocycles. The molecule has 126 valence electrons. The molecule has 1 aliphatic rings. The Balaban J connectivity index is 1.44. The van der Waals surface area contributed by atoms with E-state index in [-0.39, 0.29) is 18.6 Å². The summed E-state index contributed by atoms with van der Waals surface area (Å²) in [6.45, 7) is 3.37. The van der Waals surface area contributed by atoms with Gasteiger partial charge < -0.3 is 14.4 Å². The summed E-state index contributed by atoms with van der Waals surface area (Å²) in [6, 6.07) is 11.3. The van der Waals surface area contributed by atoms with Crippen molar-refractivity contribution in [2.24, 2.45) is 0 Å². The minimum absolute atomic E-state index is 0.0104. The summed E-state index contributed by atoms with van der Waals surface area (Å²) in [5, 5.41) is 7.72. The van der Waals surface area contributed by atoms with Crippen LogP contribution in [0.4, 0.5) is 0 Å². The monoisotopic (exact) mass is 327 g/mol. The molecular weight excluding hydrogens is 306 g/mol. The highest BCUT2D eigenvalue weighted by Crippen LogP contribution is 2.18. The molecule has 0 atom stereocenters. The molecule has 1 fully saturated rings. The Morgan fingerprint density at radius 2 is 2.00 bits per heavy atom. The molecular formula is C18H21N3O3. The van der Waals surface area contributed by atoms with Crippen LogP contribution < -0.4 is 9.47 Å². The minimum atomic E-state index is 0.0104. The maximum atomic E-state index is 12.3. The van der Waals surface area contributed by atoms with Crippen molar-refractivity contribution in [1.82, 2.24) is 15.1 Å². The lowest BCUT2D eigenvalue weighted by atomic mass is 10.1. The standard InChI is InChI=1S/C18H21N3O3/c1-14-5-2-3-6-16(14)23-13-18(22)21-11-8-15(9-12-21)24-17-7-4-10-19-20-17/h2-7,10,15H,8-9,11-13H2,1H3.